The first kappa shape index (κ1) is 10.7. The van der Waals surface area contributed by atoms with Gasteiger partial charge in [0.05, 0.1) is 12.1 Å². The Kier molecular flexibility index (Phi) is 3.21. The van der Waals surface area contributed by atoms with Gasteiger partial charge in [-0.15, -0.1) is 6.42 Å². The number of carbonyl (C=O) groups excluding carboxylic acids is 1. The Balaban J connectivity index is 2.22. The first-order valence-corrected chi connectivity index (χ1v) is 5.43. The highest BCUT2D eigenvalue weighted by molar-refractivity contribution is 5.82. The highest BCUT2D eigenvalue weighted by Crippen LogP contribution is 2.31. The molecule has 1 fully saturated rings. The van der Waals surface area contributed by atoms with E-state index >= 15 is 0 Å². The molecule has 0 aliphatic heterocycles. The van der Waals surface area contributed by atoms with Crippen molar-refractivity contribution < 1.29 is 4.79 Å². The van der Waals surface area contributed by atoms with Crippen molar-refractivity contribution in [3.63, 3.8) is 0 Å². The molecule has 1 aliphatic carbocycles. The molecule has 0 atom stereocenters. The average molecular weight is 214 g/mol. The van der Waals surface area contributed by atoms with Gasteiger partial charge in [-0.3, -0.25) is 4.79 Å². The lowest BCUT2D eigenvalue weighted by molar-refractivity contribution is 0.112. The number of rotatable bonds is 5. The summed E-state index contributed by atoms with van der Waals surface area (Å²) in [5, 5.41) is 0. The van der Waals surface area contributed by atoms with E-state index in [4.69, 9.17) is 6.42 Å². The summed E-state index contributed by atoms with van der Waals surface area (Å²) >= 11 is 0. The van der Waals surface area contributed by atoms with Crippen LogP contribution in [0.3, 0.4) is 0 Å². The topological polar surface area (TPSA) is 33.2 Å². The van der Waals surface area contributed by atoms with Crippen molar-refractivity contribution in [2.45, 2.75) is 12.8 Å². The lowest BCUT2D eigenvalue weighted by Crippen LogP contribution is -2.28. The van der Waals surface area contributed by atoms with Gasteiger partial charge in [0.15, 0.2) is 6.29 Å². The molecule has 0 amide bonds. The zero-order valence-electron chi connectivity index (χ0n) is 9.10. The Bertz CT molecular complexity index is 418. The van der Waals surface area contributed by atoms with Gasteiger partial charge in [-0.05, 0) is 30.9 Å². The Morgan fingerprint density at radius 2 is 2.44 bits per heavy atom. The van der Waals surface area contributed by atoms with E-state index in [1.807, 2.05) is 4.90 Å². The van der Waals surface area contributed by atoms with Crippen LogP contribution in [0.1, 0.15) is 23.2 Å². The fourth-order valence-electron chi connectivity index (χ4n) is 1.71. The molecule has 1 aliphatic rings. The molecule has 0 saturated heterocycles. The van der Waals surface area contributed by atoms with Crippen LogP contribution in [0.25, 0.3) is 0 Å². The molecule has 3 nitrogen and oxygen atoms in total. The first-order chi connectivity index (χ1) is 7.85. The molecular weight excluding hydrogens is 200 g/mol. The Labute approximate surface area is 95.5 Å². The number of terminal acetylenes is 1. The summed E-state index contributed by atoms with van der Waals surface area (Å²) in [6.45, 7) is 1.41. The lowest BCUT2D eigenvalue weighted by atomic mass is 10.2. The maximum absolute atomic E-state index is 10.9. The summed E-state index contributed by atoms with van der Waals surface area (Å²) in [7, 11) is 0. The van der Waals surface area contributed by atoms with E-state index in [1.54, 1.807) is 18.3 Å². The summed E-state index contributed by atoms with van der Waals surface area (Å²) in [6, 6.07) is 3.53. The standard InChI is InChI=1S/C13H14N2O/c1-2-8-15(9-11-5-6-11)13-12(10-16)4-3-7-14-13/h1,3-4,7,10-11H,5-6,8-9H2. The van der Waals surface area contributed by atoms with Gasteiger partial charge in [-0.1, -0.05) is 5.92 Å². The maximum atomic E-state index is 10.9. The molecular formula is C13H14N2O. The Hall–Kier alpha value is -1.82. The highest BCUT2D eigenvalue weighted by atomic mass is 16.1. The second-order valence-corrected chi connectivity index (χ2v) is 4.06. The van der Waals surface area contributed by atoms with Gasteiger partial charge in [-0.25, -0.2) is 4.98 Å². The summed E-state index contributed by atoms with van der Waals surface area (Å²) in [6.07, 6.45) is 10.4. The summed E-state index contributed by atoms with van der Waals surface area (Å²) < 4.78 is 0. The second-order valence-electron chi connectivity index (χ2n) is 4.06. The average Bonchev–Trinajstić information content (AvgIpc) is 3.12. The first-order valence-electron chi connectivity index (χ1n) is 5.43. The van der Waals surface area contributed by atoms with E-state index in [0.717, 1.165) is 18.7 Å². The summed E-state index contributed by atoms with van der Waals surface area (Å²) in [4.78, 5) is 17.2. The SMILES string of the molecule is C#CCN(CC1CC1)c1ncccc1C=O. The van der Waals surface area contributed by atoms with Crippen molar-refractivity contribution in [2.75, 3.05) is 18.0 Å². The van der Waals surface area contributed by atoms with Crippen LogP contribution in [-0.4, -0.2) is 24.4 Å². The number of hydrogen-bond donors (Lipinski definition) is 0. The van der Waals surface area contributed by atoms with Crippen LogP contribution in [-0.2, 0) is 0 Å². The second kappa shape index (κ2) is 4.80. The fraction of sp³-hybridized carbons (Fsp3) is 0.385. The van der Waals surface area contributed by atoms with Crippen molar-refractivity contribution in [3.8, 4) is 12.3 Å². The predicted octanol–water partition coefficient (Wildman–Crippen LogP) is 1.74. The van der Waals surface area contributed by atoms with Gasteiger partial charge in [0, 0.05) is 12.7 Å². The van der Waals surface area contributed by atoms with Gasteiger partial charge in [0.2, 0.25) is 0 Å². The molecule has 1 aromatic heterocycles. The van der Waals surface area contributed by atoms with Crippen LogP contribution in [0.2, 0.25) is 0 Å². The molecule has 0 spiro atoms. The Morgan fingerprint density at radius 1 is 1.62 bits per heavy atom. The molecule has 0 radical (unpaired) electrons. The van der Waals surface area contributed by atoms with Crippen molar-refractivity contribution in [3.05, 3.63) is 23.9 Å². The number of nitrogens with zero attached hydrogens (tertiary/aromatic N) is 2. The van der Waals surface area contributed by atoms with Gasteiger partial charge in [0.25, 0.3) is 0 Å². The predicted molar refractivity (Wildman–Crippen MR) is 63.4 cm³/mol. The van der Waals surface area contributed by atoms with Crippen LogP contribution >= 0.6 is 0 Å². The number of carbonyl (C=O) groups is 1. The van der Waals surface area contributed by atoms with Crippen molar-refractivity contribution in [1.82, 2.24) is 4.98 Å². The summed E-state index contributed by atoms with van der Waals surface area (Å²) in [5.41, 5.74) is 0.610. The number of pyridine rings is 1. The number of aldehydes is 1. The third kappa shape index (κ3) is 2.40. The summed E-state index contributed by atoms with van der Waals surface area (Å²) in [5.74, 6) is 4.05. The van der Waals surface area contributed by atoms with Gasteiger partial charge < -0.3 is 4.90 Å². The molecule has 16 heavy (non-hydrogen) atoms. The minimum absolute atomic E-state index is 0.508. The van der Waals surface area contributed by atoms with Gasteiger partial charge in [-0.2, -0.15) is 0 Å². The van der Waals surface area contributed by atoms with Crippen LogP contribution in [0.5, 0.6) is 0 Å². The molecule has 0 N–H and O–H groups in total. The number of aromatic nitrogens is 1. The van der Waals surface area contributed by atoms with E-state index in [-0.39, 0.29) is 0 Å². The van der Waals surface area contributed by atoms with E-state index < -0.39 is 0 Å². The zero-order valence-corrected chi connectivity index (χ0v) is 9.10. The molecule has 0 aromatic carbocycles. The molecule has 1 saturated carbocycles. The van der Waals surface area contributed by atoms with Crippen LogP contribution in [0, 0.1) is 18.3 Å². The van der Waals surface area contributed by atoms with E-state index in [9.17, 15) is 4.79 Å². The minimum Gasteiger partial charge on any atom is -0.345 e. The largest absolute Gasteiger partial charge is 0.345 e. The zero-order chi connectivity index (χ0) is 11.4. The fourth-order valence-corrected chi connectivity index (χ4v) is 1.71. The smallest absolute Gasteiger partial charge is 0.153 e. The molecule has 1 aromatic rings. The number of anilines is 1. The quantitative estimate of drug-likeness (QED) is 0.553. The third-order valence-electron chi connectivity index (χ3n) is 2.70. The molecule has 0 unspecified atom stereocenters. The van der Waals surface area contributed by atoms with Crippen molar-refractivity contribution in [2.24, 2.45) is 5.92 Å². The van der Waals surface area contributed by atoms with Crippen molar-refractivity contribution in [1.29, 1.82) is 0 Å². The highest BCUT2D eigenvalue weighted by Gasteiger charge is 2.25. The van der Waals surface area contributed by atoms with E-state index in [2.05, 4.69) is 10.9 Å². The van der Waals surface area contributed by atoms with Crippen LogP contribution < -0.4 is 4.90 Å². The maximum Gasteiger partial charge on any atom is 0.153 e. The van der Waals surface area contributed by atoms with Gasteiger partial charge >= 0.3 is 0 Å². The third-order valence-corrected chi connectivity index (χ3v) is 2.70. The van der Waals surface area contributed by atoms with E-state index in [1.165, 1.54) is 12.8 Å². The number of hydrogen-bond acceptors (Lipinski definition) is 3. The van der Waals surface area contributed by atoms with Crippen molar-refractivity contribution >= 4 is 12.1 Å². The molecule has 0 bridgehead atoms. The van der Waals surface area contributed by atoms with Crippen LogP contribution in [0.4, 0.5) is 5.82 Å². The minimum atomic E-state index is 0.508. The molecule has 3 heteroatoms. The molecule has 82 valence electrons. The molecule has 1 heterocycles. The van der Waals surface area contributed by atoms with Gasteiger partial charge in [0.1, 0.15) is 5.82 Å². The van der Waals surface area contributed by atoms with Crippen LogP contribution in [0.15, 0.2) is 18.3 Å². The lowest BCUT2D eigenvalue weighted by Gasteiger charge is -2.22. The Morgan fingerprint density at radius 3 is 3.06 bits per heavy atom. The molecule has 2 rings (SSSR count). The monoisotopic (exact) mass is 214 g/mol. The van der Waals surface area contributed by atoms with E-state index in [0.29, 0.717) is 17.9 Å². The normalized spacial score (nSPS) is 14.2.